The van der Waals surface area contributed by atoms with Gasteiger partial charge in [0, 0.05) is 0 Å². The zero-order valence-corrected chi connectivity index (χ0v) is 11.9. The first kappa shape index (κ1) is 15.1. The average Bonchev–Trinajstić information content (AvgIpc) is 2.48. The Balaban J connectivity index is 2.37. The van der Waals surface area contributed by atoms with Gasteiger partial charge in [-0.1, -0.05) is 29.8 Å². The highest BCUT2D eigenvalue weighted by Gasteiger charge is 2.23. The predicted molar refractivity (Wildman–Crippen MR) is 77.9 cm³/mol. The van der Waals surface area contributed by atoms with Crippen molar-refractivity contribution in [1.29, 1.82) is 0 Å². The van der Waals surface area contributed by atoms with E-state index in [0.29, 0.717) is 16.3 Å². The minimum atomic E-state index is -0.940. The highest BCUT2D eigenvalue weighted by Crippen LogP contribution is 2.28. The molecule has 21 heavy (non-hydrogen) atoms. The molecule has 0 saturated heterocycles. The number of rotatable bonds is 4. The molecule has 4 nitrogen and oxygen atoms in total. The van der Waals surface area contributed by atoms with Gasteiger partial charge in [0.25, 0.3) is 0 Å². The van der Waals surface area contributed by atoms with E-state index in [9.17, 15) is 14.3 Å². The highest BCUT2D eigenvalue weighted by molar-refractivity contribution is 6.33. The molecule has 2 rings (SSSR count). The second kappa shape index (κ2) is 6.45. The number of aromatic hydroxyl groups is 1. The molecule has 0 aliphatic rings. The lowest BCUT2D eigenvalue weighted by molar-refractivity contribution is -0.141. The Morgan fingerprint density at radius 3 is 2.67 bits per heavy atom. The molecule has 0 aliphatic heterocycles. The Morgan fingerprint density at radius 1 is 1.33 bits per heavy atom. The number of esters is 1. The maximum atomic E-state index is 13.5. The largest absolute Gasteiger partial charge is 0.505 e. The SMILES string of the molecule is COC(=O)C(Nc1ccccc1Cl)c1ccc(O)c(F)c1. The zero-order chi connectivity index (χ0) is 15.4. The third-order valence-electron chi connectivity index (χ3n) is 2.92. The Kier molecular flexibility index (Phi) is 4.65. The lowest BCUT2D eigenvalue weighted by Gasteiger charge is -2.19. The summed E-state index contributed by atoms with van der Waals surface area (Å²) in [7, 11) is 1.24. The number of hydrogen-bond acceptors (Lipinski definition) is 4. The highest BCUT2D eigenvalue weighted by atomic mass is 35.5. The van der Waals surface area contributed by atoms with Gasteiger partial charge >= 0.3 is 5.97 Å². The van der Waals surface area contributed by atoms with Crippen molar-refractivity contribution in [2.75, 3.05) is 12.4 Å². The summed E-state index contributed by atoms with van der Waals surface area (Å²) >= 11 is 6.03. The van der Waals surface area contributed by atoms with Crippen LogP contribution >= 0.6 is 11.6 Å². The maximum absolute atomic E-state index is 13.5. The van der Waals surface area contributed by atoms with Crippen molar-refractivity contribution in [3.05, 3.63) is 58.9 Å². The number of phenolic OH excluding ortho intramolecular Hbond substituents is 1. The summed E-state index contributed by atoms with van der Waals surface area (Å²) in [6.07, 6.45) is 0. The van der Waals surface area contributed by atoms with Gasteiger partial charge in [-0.3, -0.25) is 0 Å². The first-order valence-corrected chi connectivity index (χ1v) is 6.48. The van der Waals surface area contributed by atoms with E-state index in [1.54, 1.807) is 24.3 Å². The summed E-state index contributed by atoms with van der Waals surface area (Å²) in [6, 6.07) is 9.59. The molecule has 0 heterocycles. The van der Waals surface area contributed by atoms with Gasteiger partial charge in [0.15, 0.2) is 17.6 Å². The number of para-hydroxylation sites is 1. The van der Waals surface area contributed by atoms with Crippen LogP contribution in [0.1, 0.15) is 11.6 Å². The molecule has 0 bridgehead atoms. The fraction of sp³-hybridized carbons (Fsp3) is 0.133. The van der Waals surface area contributed by atoms with Crippen molar-refractivity contribution in [3.63, 3.8) is 0 Å². The van der Waals surface area contributed by atoms with Crippen LogP contribution in [-0.2, 0) is 9.53 Å². The summed E-state index contributed by atoms with van der Waals surface area (Å²) in [5, 5.41) is 12.6. The van der Waals surface area contributed by atoms with Crippen molar-refractivity contribution in [1.82, 2.24) is 0 Å². The molecule has 1 unspecified atom stereocenters. The third-order valence-corrected chi connectivity index (χ3v) is 3.25. The van der Waals surface area contributed by atoms with Crippen LogP contribution in [0.3, 0.4) is 0 Å². The number of benzene rings is 2. The number of carbonyl (C=O) groups excluding carboxylic acids is 1. The summed E-state index contributed by atoms with van der Waals surface area (Å²) in [6.45, 7) is 0. The van der Waals surface area contributed by atoms with Crippen molar-refractivity contribution in [3.8, 4) is 5.75 Å². The van der Waals surface area contributed by atoms with Crippen LogP contribution in [0.5, 0.6) is 5.75 Å². The van der Waals surface area contributed by atoms with Gasteiger partial charge in [-0.05, 0) is 29.8 Å². The number of ether oxygens (including phenoxy) is 1. The van der Waals surface area contributed by atoms with Gasteiger partial charge in [-0.15, -0.1) is 0 Å². The van der Waals surface area contributed by atoms with E-state index < -0.39 is 23.6 Å². The fourth-order valence-corrected chi connectivity index (χ4v) is 2.02. The summed E-state index contributed by atoms with van der Waals surface area (Å²) in [4.78, 5) is 11.9. The van der Waals surface area contributed by atoms with Crippen molar-refractivity contribution in [2.24, 2.45) is 0 Å². The van der Waals surface area contributed by atoms with Gasteiger partial charge in [0.1, 0.15) is 0 Å². The second-order valence-corrected chi connectivity index (χ2v) is 4.70. The average molecular weight is 310 g/mol. The van der Waals surface area contributed by atoms with Gasteiger partial charge in [0.05, 0.1) is 17.8 Å². The molecular formula is C15H13ClFNO3. The molecule has 0 saturated carbocycles. The molecule has 0 spiro atoms. The number of halogens is 2. The minimum Gasteiger partial charge on any atom is -0.505 e. The number of nitrogens with one attached hydrogen (secondary N) is 1. The Hall–Kier alpha value is -2.27. The van der Waals surface area contributed by atoms with E-state index >= 15 is 0 Å². The summed E-state index contributed by atoms with van der Waals surface area (Å²) < 4.78 is 18.2. The first-order valence-electron chi connectivity index (χ1n) is 6.10. The van der Waals surface area contributed by atoms with Crippen molar-refractivity contribution in [2.45, 2.75) is 6.04 Å². The topological polar surface area (TPSA) is 58.6 Å². The van der Waals surface area contributed by atoms with E-state index in [4.69, 9.17) is 16.3 Å². The quantitative estimate of drug-likeness (QED) is 0.849. The number of methoxy groups -OCH3 is 1. The molecule has 1 atom stereocenters. The molecule has 2 N–H and O–H groups in total. The molecule has 0 radical (unpaired) electrons. The number of phenols is 1. The normalized spacial score (nSPS) is 11.8. The van der Waals surface area contributed by atoms with Gasteiger partial charge in [0.2, 0.25) is 0 Å². The molecule has 0 aromatic heterocycles. The number of hydrogen-bond donors (Lipinski definition) is 2. The van der Waals surface area contributed by atoms with Crippen LogP contribution in [0.25, 0.3) is 0 Å². The number of carbonyl (C=O) groups is 1. The van der Waals surface area contributed by atoms with Crippen LogP contribution < -0.4 is 5.32 Å². The Bertz CT molecular complexity index is 663. The Morgan fingerprint density at radius 2 is 2.05 bits per heavy atom. The molecule has 6 heteroatoms. The van der Waals surface area contributed by atoms with Gasteiger partial charge < -0.3 is 15.2 Å². The third kappa shape index (κ3) is 3.44. The van der Waals surface area contributed by atoms with E-state index in [0.717, 1.165) is 6.07 Å². The van der Waals surface area contributed by atoms with Crippen LogP contribution in [0.2, 0.25) is 5.02 Å². The van der Waals surface area contributed by atoms with Gasteiger partial charge in [-0.2, -0.15) is 0 Å². The van der Waals surface area contributed by atoms with Crippen LogP contribution in [0.4, 0.5) is 10.1 Å². The van der Waals surface area contributed by atoms with Crippen LogP contribution in [0, 0.1) is 5.82 Å². The predicted octanol–water partition coefficient (Wildman–Crippen LogP) is 3.51. The lowest BCUT2D eigenvalue weighted by atomic mass is 10.1. The molecule has 0 aliphatic carbocycles. The van der Waals surface area contributed by atoms with E-state index in [1.165, 1.54) is 19.2 Å². The van der Waals surface area contributed by atoms with E-state index in [2.05, 4.69) is 5.32 Å². The molecule has 0 amide bonds. The zero-order valence-electron chi connectivity index (χ0n) is 11.1. The summed E-state index contributed by atoms with van der Waals surface area (Å²) in [5.74, 6) is -1.90. The maximum Gasteiger partial charge on any atom is 0.332 e. The van der Waals surface area contributed by atoms with Crippen molar-refractivity contribution >= 4 is 23.3 Å². The monoisotopic (exact) mass is 309 g/mol. The lowest BCUT2D eigenvalue weighted by Crippen LogP contribution is -2.22. The smallest absolute Gasteiger partial charge is 0.332 e. The van der Waals surface area contributed by atoms with E-state index in [-0.39, 0.29) is 0 Å². The van der Waals surface area contributed by atoms with E-state index in [1.807, 2.05) is 0 Å². The number of anilines is 1. The molecule has 2 aromatic rings. The summed E-state index contributed by atoms with van der Waals surface area (Å²) in [5.41, 5.74) is 0.833. The van der Waals surface area contributed by atoms with Crippen LogP contribution in [0.15, 0.2) is 42.5 Å². The van der Waals surface area contributed by atoms with Gasteiger partial charge in [-0.25, -0.2) is 9.18 Å². The minimum absolute atomic E-state index is 0.317. The fourth-order valence-electron chi connectivity index (χ4n) is 1.83. The molecule has 0 fully saturated rings. The Labute approximate surface area is 126 Å². The van der Waals surface area contributed by atoms with Crippen molar-refractivity contribution < 1.29 is 19.0 Å². The van der Waals surface area contributed by atoms with Crippen LogP contribution in [-0.4, -0.2) is 18.2 Å². The first-order chi connectivity index (χ1) is 10.0. The molecular weight excluding hydrogens is 297 g/mol. The molecule has 110 valence electrons. The molecule has 2 aromatic carbocycles. The second-order valence-electron chi connectivity index (χ2n) is 4.29. The standard InChI is InChI=1S/C15H13ClFNO3/c1-21-15(20)14(9-6-7-13(19)11(17)8-9)18-12-5-3-2-4-10(12)16/h2-8,14,18-19H,1H3.